The van der Waals surface area contributed by atoms with Crippen molar-refractivity contribution >= 4 is 17.2 Å². The largest absolute Gasteiger partial charge is 0.337 e. The number of benzene rings is 1. The Morgan fingerprint density at radius 3 is 2.58 bits per heavy atom. The number of hydrogen-bond donors (Lipinski definition) is 0. The Balaban J connectivity index is 1.74. The molecule has 4 rings (SSSR count). The minimum absolute atomic E-state index is 0.0171. The van der Waals surface area contributed by atoms with Crippen LogP contribution >= 0.6 is 11.3 Å². The molecule has 3 aromatic rings. The van der Waals surface area contributed by atoms with E-state index in [1.165, 1.54) is 12.1 Å². The van der Waals surface area contributed by atoms with Crippen LogP contribution in [-0.4, -0.2) is 33.7 Å². The zero-order chi connectivity index (χ0) is 18.1. The molecule has 0 atom stereocenters. The van der Waals surface area contributed by atoms with E-state index in [0.717, 1.165) is 36.5 Å². The number of hydrogen-bond acceptors (Lipinski definition) is 3. The minimum atomic E-state index is -0.308. The lowest BCUT2D eigenvalue weighted by Gasteiger charge is -2.30. The predicted molar refractivity (Wildman–Crippen MR) is 101 cm³/mol. The number of thiophene rings is 1. The molecule has 0 N–H and O–H groups in total. The van der Waals surface area contributed by atoms with Crippen molar-refractivity contribution in [2.24, 2.45) is 5.92 Å². The molecule has 26 heavy (non-hydrogen) atoms. The van der Waals surface area contributed by atoms with Crippen LogP contribution in [0.1, 0.15) is 30.3 Å². The highest BCUT2D eigenvalue weighted by molar-refractivity contribution is 7.13. The van der Waals surface area contributed by atoms with E-state index in [2.05, 4.69) is 12.0 Å². The van der Waals surface area contributed by atoms with Crippen molar-refractivity contribution in [1.29, 1.82) is 0 Å². The molecule has 1 fully saturated rings. The summed E-state index contributed by atoms with van der Waals surface area (Å²) in [7, 11) is 0. The van der Waals surface area contributed by atoms with E-state index in [9.17, 15) is 9.18 Å². The molecule has 1 aliphatic rings. The molecule has 0 aliphatic carbocycles. The average Bonchev–Trinajstić information content (AvgIpc) is 3.32. The van der Waals surface area contributed by atoms with Crippen molar-refractivity contribution in [3.8, 4) is 16.3 Å². The maximum Gasteiger partial charge on any atom is 0.272 e. The van der Waals surface area contributed by atoms with Gasteiger partial charge in [-0.05, 0) is 60.5 Å². The van der Waals surface area contributed by atoms with E-state index in [4.69, 9.17) is 0 Å². The van der Waals surface area contributed by atoms with Gasteiger partial charge in [-0.25, -0.2) is 9.07 Å². The first-order chi connectivity index (χ1) is 12.6. The first-order valence-corrected chi connectivity index (χ1v) is 9.69. The second-order valence-corrected chi connectivity index (χ2v) is 7.70. The second kappa shape index (κ2) is 7.03. The summed E-state index contributed by atoms with van der Waals surface area (Å²) >= 11 is 1.58. The van der Waals surface area contributed by atoms with Crippen molar-refractivity contribution in [2.45, 2.75) is 19.8 Å². The van der Waals surface area contributed by atoms with Gasteiger partial charge >= 0.3 is 0 Å². The van der Waals surface area contributed by atoms with Gasteiger partial charge < -0.3 is 4.90 Å². The maximum atomic E-state index is 13.3. The number of aromatic nitrogens is 2. The monoisotopic (exact) mass is 369 g/mol. The molecule has 0 bridgehead atoms. The third-order valence-electron chi connectivity index (χ3n) is 4.84. The highest BCUT2D eigenvalue weighted by Crippen LogP contribution is 2.27. The molecule has 4 nitrogen and oxygen atoms in total. The molecule has 1 aliphatic heterocycles. The Labute approximate surface area is 155 Å². The van der Waals surface area contributed by atoms with Gasteiger partial charge in [-0.15, -0.1) is 11.3 Å². The average molecular weight is 369 g/mol. The molecule has 134 valence electrons. The number of halogens is 1. The van der Waals surface area contributed by atoms with Gasteiger partial charge in [0, 0.05) is 13.1 Å². The first-order valence-electron chi connectivity index (χ1n) is 8.81. The highest BCUT2D eigenvalue weighted by Gasteiger charge is 2.26. The molecular formula is C20H20FN3OS. The fraction of sp³-hybridized carbons (Fsp3) is 0.300. The van der Waals surface area contributed by atoms with Gasteiger partial charge in [-0.2, -0.15) is 5.10 Å². The van der Waals surface area contributed by atoms with E-state index in [-0.39, 0.29) is 11.7 Å². The van der Waals surface area contributed by atoms with Gasteiger partial charge in [0.2, 0.25) is 0 Å². The maximum absolute atomic E-state index is 13.3. The Bertz CT molecular complexity index is 894. The third-order valence-corrected chi connectivity index (χ3v) is 5.74. The van der Waals surface area contributed by atoms with Crippen LogP contribution in [0.5, 0.6) is 0 Å². The van der Waals surface area contributed by atoms with Gasteiger partial charge in [-0.3, -0.25) is 4.79 Å². The summed E-state index contributed by atoms with van der Waals surface area (Å²) in [5.74, 6) is 0.330. The number of carbonyl (C=O) groups excluding carboxylic acids is 1. The van der Waals surface area contributed by atoms with Gasteiger partial charge in [-0.1, -0.05) is 13.0 Å². The normalized spacial score (nSPS) is 15.4. The van der Waals surface area contributed by atoms with Gasteiger partial charge in [0.05, 0.1) is 10.6 Å². The summed E-state index contributed by atoms with van der Waals surface area (Å²) in [5.41, 5.74) is 1.97. The van der Waals surface area contributed by atoms with Crippen LogP contribution < -0.4 is 0 Å². The zero-order valence-corrected chi connectivity index (χ0v) is 15.4. The summed E-state index contributed by atoms with van der Waals surface area (Å²) in [4.78, 5) is 16.0. The molecule has 1 saturated heterocycles. The smallest absolute Gasteiger partial charge is 0.272 e. The number of carbonyl (C=O) groups is 1. The highest BCUT2D eigenvalue weighted by atomic mass is 32.1. The second-order valence-electron chi connectivity index (χ2n) is 6.76. The van der Waals surface area contributed by atoms with Crippen LogP contribution in [0.25, 0.3) is 16.3 Å². The van der Waals surface area contributed by atoms with Gasteiger partial charge in [0.15, 0.2) is 0 Å². The van der Waals surface area contributed by atoms with E-state index >= 15 is 0 Å². The summed E-state index contributed by atoms with van der Waals surface area (Å²) in [6.07, 6.45) is 2.04. The third kappa shape index (κ3) is 3.29. The van der Waals surface area contributed by atoms with Crippen molar-refractivity contribution < 1.29 is 9.18 Å². The number of nitrogens with zero attached hydrogens (tertiary/aromatic N) is 3. The minimum Gasteiger partial charge on any atom is -0.337 e. The standard InChI is InChI=1S/C20H20FN3OS/c1-14-8-10-23(11-9-14)20(25)18-13-17(19-3-2-12-26-19)22-24(18)16-6-4-15(21)5-7-16/h2-7,12-14H,8-11H2,1H3. The molecular weight excluding hydrogens is 349 g/mol. The van der Waals surface area contributed by atoms with Crippen molar-refractivity contribution in [3.63, 3.8) is 0 Å². The molecule has 1 amide bonds. The fourth-order valence-corrected chi connectivity index (χ4v) is 3.91. The Kier molecular flexibility index (Phi) is 4.59. The summed E-state index contributed by atoms with van der Waals surface area (Å²) < 4.78 is 14.9. The molecule has 0 spiro atoms. The quantitative estimate of drug-likeness (QED) is 0.676. The van der Waals surface area contributed by atoms with Gasteiger partial charge in [0.1, 0.15) is 17.2 Å². The van der Waals surface area contributed by atoms with Crippen molar-refractivity contribution in [3.05, 3.63) is 59.4 Å². The van der Waals surface area contributed by atoms with Crippen LogP contribution in [0.4, 0.5) is 4.39 Å². The number of piperidine rings is 1. The predicted octanol–water partition coefficient (Wildman–Crippen LogP) is 4.61. The van der Waals surface area contributed by atoms with E-state index in [1.807, 2.05) is 28.5 Å². The van der Waals surface area contributed by atoms with Crippen molar-refractivity contribution in [1.82, 2.24) is 14.7 Å². The molecule has 0 saturated carbocycles. The van der Waals surface area contributed by atoms with E-state index in [1.54, 1.807) is 28.2 Å². The molecule has 0 radical (unpaired) electrons. The summed E-state index contributed by atoms with van der Waals surface area (Å²) in [6.45, 7) is 3.76. The van der Waals surface area contributed by atoms with Gasteiger partial charge in [0.25, 0.3) is 5.91 Å². The Morgan fingerprint density at radius 1 is 1.19 bits per heavy atom. The molecule has 1 aromatic carbocycles. The van der Waals surface area contributed by atoms with Crippen LogP contribution in [0.15, 0.2) is 47.8 Å². The molecule has 6 heteroatoms. The Hall–Kier alpha value is -2.47. The van der Waals surface area contributed by atoms with E-state index in [0.29, 0.717) is 17.3 Å². The van der Waals surface area contributed by atoms with Crippen molar-refractivity contribution in [2.75, 3.05) is 13.1 Å². The molecule has 0 unspecified atom stereocenters. The lowest BCUT2D eigenvalue weighted by atomic mass is 9.99. The van der Waals surface area contributed by atoms with Crippen LogP contribution in [0.3, 0.4) is 0 Å². The summed E-state index contributed by atoms with van der Waals surface area (Å²) in [6, 6.07) is 11.9. The van der Waals surface area contributed by atoms with Crippen LogP contribution in [0, 0.1) is 11.7 Å². The topological polar surface area (TPSA) is 38.1 Å². The zero-order valence-electron chi connectivity index (χ0n) is 14.6. The molecule has 2 aromatic heterocycles. The number of likely N-dealkylation sites (tertiary alicyclic amines) is 1. The lowest BCUT2D eigenvalue weighted by molar-refractivity contribution is 0.0688. The number of rotatable bonds is 3. The Morgan fingerprint density at radius 2 is 1.92 bits per heavy atom. The lowest BCUT2D eigenvalue weighted by Crippen LogP contribution is -2.38. The van der Waals surface area contributed by atoms with Crippen LogP contribution in [-0.2, 0) is 0 Å². The fourth-order valence-electron chi connectivity index (χ4n) is 3.23. The first kappa shape index (κ1) is 17.0. The van der Waals surface area contributed by atoms with E-state index < -0.39 is 0 Å². The molecule has 3 heterocycles. The van der Waals surface area contributed by atoms with Crippen LogP contribution in [0.2, 0.25) is 0 Å². The number of amides is 1. The SMILES string of the molecule is CC1CCN(C(=O)c2cc(-c3cccs3)nn2-c2ccc(F)cc2)CC1. The summed E-state index contributed by atoms with van der Waals surface area (Å²) in [5, 5.41) is 6.63.